The molecule has 1 aromatic carbocycles. The van der Waals surface area contributed by atoms with Gasteiger partial charge in [-0.1, -0.05) is 46.3 Å². The first-order valence-electron chi connectivity index (χ1n) is 11.1. The van der Waals surface area contributed by atoms with E-state index in [0.717, 1.165) is 5.56 Å². The molecule has 7 nitrogen and oxygen atoms in total. The first kappa shape index (κ1) is 23.6. The predicted octanol–water partition coefficient (Wildman–Crippen LogP) is 1.33. The number of aliphatic hydroxyl groups excluding tert-OH is 1. The van der Waals surface area contributed by atoms with E-state index in [0.29, 0.717) is 12.8 Å². The molecule has 0 radical (unpaired) electrons. The Morgan fingerprint density at radius 1 is 1.28 bits per heavy atom. The van der Waals surface area contributed by atoms with Gasteiger partial charge in [-0.2, -0.15) is 0 Å². The Balaban J connectivity index is 1.77. The van der Waals surface area contributed by atoms with Crippen LogP contribution in [0.15, 0.2) is 30.3 Å². The fourth-order valence-electron chi connectivity index (χ4n) is 5.73. The molecule has 0 aliphatic carbocycles. The van der Waals surface area contributed by atoms with E-state index >= 15 is 0 Å². The molecule has 1 aromatic rings. The molecule has 3 saturated heterocycles. The highest BCUT2D eigenvalue weighted by atomic mass is 79.9. The Labute approximate surface area is 201 Å². The molecule has 4 rings (SSSR count). The smallest absolute Gasteiger partial charge is 0.244 e. The van der Waals surface area contributed by atoms with E-state index in [-0.39, 0.29) is 40.4 Å². The molecule has 3 heterocycles. The number of carbonyl (C=O) groups excluding carboxylic acids is 3. The number of nitrogens with one attached hydrogen (secondary N) is 2. The Morgan fingerprint density at radius 2 is 1.97 bits per heavy atom. The zero-order valence-corrected chi connectivity index (χ0v) is 20.9. The van der Waals surface area contributed by atoms with Crippen LogP contribution >= 0.6 is 27.7 Å². The number of fused-ring (bicyclic) bond motifs is 1. The van der Waals surface area contributed by atoms with E-state index in [1.165, 1.54) is 0 Å². The number of rotatable bonds is 7. The number of hydrogen-bond acceptors (Lipinski definition) is 5. The standard InChI is InChI=1S/C23H30BrN3O4S/c1-12(2)26-21(30)19-23-10-15(24)18(32-23)16(20(29)25-3)17(23)22(31)27(19)14(11-28)9-13-7-5-4-6-8-13/h4-8,12,14-19,28H,9-11H2,1-3H3,(H,25,29)(H,26,30)/t14-,15?,16-,17+,18-,19?,23?/m1/s1. The minimum atomic E-state index is -0.743. The number of carbonyl (C=O) groups is 3. The molecule has 0 saturated carbocycles. The first-order valence-corrected chi connectivity index (χ1v) is 12.9. The maximum Gasteiger partial charge on any atom is 0.244 e. The number of nitrogens with zero attached hydrogens (tertiary/aromatic N) is 1. The normalized spacial score (nSPS) is 34.0. The summed E-state index contributed by atoms with van der Waals surface area (Å²) >= 11 is 5.33. The van der Waals surface area contributed by atoms with E-state index in [1.807, 2.05) is 44.2 Å². The number of hydrogen-bond donors (Lipinski definition) is 3. The quantitative estimate of drug-likeness (QED) is 0.468. The van der Waals surface area contributed by atoms with Crippen LogP contribution < -0.4 is 10.6 Å². The lowest BCUT2D eigenvalue weighted by molar-refractivity contribution is -0.142. The summed E-state index contributed by atoms with van der Waals surface area (Å²) in [5, 5.41) is 16.0. The Bertz CT molecular complexity index is 900. The molecular formula is C23H30BrN3O4S. The van der Waals surface area contributed by atoms with Crippen molar-refractivity contribution in [2.24, 2.45) is 11.8 Å². The summed E-state index contributed by atoms with van der Waals surface area (Å²) in [5.74, 6) is -1.68. The molecule has 0 aromatic heterocycles. The minimum Gasteiger partial charge on any atom is -0.394 e. The number of aliphatic hydroxyl groups is 1. The van der Waals surface area contributed by atoms with E-state index in [1.54, 1.807) is 23.7 Å². The van der Waals surface area contributed by atoms with Crippen LogP contribution in [0.25, 0.3) is 0 Å². The van der Waals surface area contributed by atoms with Crippen molar-refractivity contribution in [3.63, 3.8) is 0 Å². The van der Waals surface area contributed by atoms with Crippen LogP contribution in [0.5, 0.6) is 0 Å². The molecule has 1 spiro atoms. The molecule has 7 atom stereocenters. The molecule has 3 fully saturated rings. The van der Waals surface area contributed by atoms with Gasteiger partial charge in [0.05, 0.1) is 29.2 Å². The van der Waals surface area contributed by atoms with Crippen molar-refractivity contribution in [2.75, 3.05) is 13.7 Å². The molecule has 2 bridgehead atoms. The van der Waals surface area contributed by atoms with E-state index < -0.39 is 28.7 Å². The fraction of sp³-hybridized carbons (Fsp3) is 0.609. The molecule has 3 amide bonds. The number of halogens is 1. The SMILES string of the molecule is CNC(=O)[C@H]1[C@@H]2SC3(CC2Br)C(C(=O)NC(C)C)N([C@@H](CO)Cc2ccccc2)C(=O)[C@H]13. The highest BCUT2D eigenvalue weighted by Crippen LogP contribution is 2.67. The average molecular weight is 524 g/mol. The predicted molar refractivity (Wildman–Crippen MR) is 127 cm³/mol. The van der Waals surface area contributed by atoms with Crippen LogP contribution in [0.2, 0.25) is 0 Å². The maximum absolute atomic E-state index is 13.9. The van der Waals surface area contributed by atoms with Crippen LogP contribution in [0, 0.1) is 11.8 Å². The molecule has 32 heavy (non-hydrogen) atoms. The third-order valence-electron chi connectivity index (χ3n) is 6.87. The molecule has 3 aliphatic rings. The Hall–Kier alpha value is -1.58. The molecule has 3 N–H and O–H groups in total. The van der Waals surface area contributed by atoms with Crippen LogP contribution in [-0.2, 0) is 20.8 Å². The average Bonchev–Trinajstić information content (AvgIpc) is 3.35. The number of alkyl halides is 1. The van der Waals surface area contributed by atoms with E-state index in [9.17, 15) is 19.5 Å². The summed E-state index contributed by atoms with van der Waals surface area (Å²) < 4.78 is -0.698. The maximum atomic E-state index is 13.9. The van der Waals surface area contributed by atoms with Gasteiger partial charge in [-0.3, -0.25) is 14.4 Å². The van der Waals surface area contributed by atoms with Gasteiger partial charge in [0.2, 0.25) is 17.7 Å². The van der Waals surface area contributed by atoms with Crippen molar-refractivity contribution < 1.29 is 19.5 Å². The van der Waals surface area contributed by atoms with Crippen molar-refractivity contribution >= 4 is 45.4 Å². The van der Waals surface area contributed by atoms with Gasteiger partial charge in [0.25, 0.3) is 0 Å². The summed E-state index contributed by atoms with van der Waals surface area (Å²) in [7, 11) is 1.58. The van der Waals surface area contributed by atoms with Gasteiger partial charge < -0.3 is 20.6 Å². The summed E-state index contributed by atoms with van der Waals surface area (Å²) in [6.45, 7) is 3.52. The van der Waals surface area contributed by atoms with E-state index in [2.05, 4.69) is 26.6 Å². The highest BCUT2D eigenvalue weighted by Gasteiger charge is 2.76. The number of likely N-dealkylation sites (tertiary alicyclic amines) is 1. The van der Waals surface area contributed by atoms with Gasteiger partial charge in [-0.05, 0) is 32.3 Å². The first-order chi connectivity index (χ1) is 15.2. The Morgan fingerprint density at radius 3 is 2.56 bits per heavy atom. The zero-order valence-electron chi connectivity index (χ0n) is 18.5. The number of amides is 3. The second-order valence-electron chi connectivity index (χ2n) is 9.21. The summed E-state index contributed by atoms with van der Waals surface area (Å²) in [5.41, 5.74) is 0.982. The summed E-state index contributed by atoms with van der Waals surface area (Å²) in [4.78, 5) is 42.0. The Kier molecular flexibility index (Phi) is 6.62. The lowest BCUT2D eigenvalue weighted by Gasteiger charge is -2.37. The number of benzene rings is 1. The fourth-order valence-corrected chi connectivity index (χ4v) is 9.33. The van der Waals surface area contributed by atoms with Gasteiger partial charge in [0.15, 0.2) is 0 Å². The van der Waals surface area contributed by atoms with Crippen LogP contribution in [-0.4, -0.2) is 74.3 Å². The van der Waals surface area contributed by atoms with Crippen LogP contribution in [0.3, 0.4) is 0 Å². The summed E-state index contributed by atoms with van der Waals surface area (Å²) in [6, 6.07) is 8.27. The van der Waals surface area contributed by atoms with Crippen LogP contribution in [0.4, 0.5) is 0 Å². The monoisotopic (exact) mass is 523 g/mol. The van der Waals surface area contributed by atoms with Crippen molar-refractivity contribution in [3.8, 4) is 0 Å². The summed E-state index contributed by atoms with van der Waals surface area (Å²) in [6.07, 6.45) is 1.07. The minimum absolute atomic E-state index is 0.0369. The molecular weight excluding hydrogens is 494 g/mol. The molecule has 3 aliphatic heterocycles. The van der Waals surface area contributed by atoms with Gasteiger partial charge in [-0.25, -0.2) is 0 Å². The van der Waals surface area contributed by atoms with Gasteiger partial charge >= 0.3 is 0 Å². The third-order valence-corrected chi connectivity index (χ3v) is 10.1. The lowest BCUT2D eigenvalue weighted by Crippen LogP contribution is -2.58. The second-order valence-corrected chi connectivity index (χ2v) is 11.9. The number of thioether (sulfide) groups is 1. The highest BCUT2D eigenvalue weighted by molar-refractivity contribution is 9.09. The zero-order chi connectivity index (χ0) is 23.2. The van der Waals surface area contributed by atoms with Crippen molar-refractivity contribution in [1.82, 2.24) is 15.5 Å². The molecule has 9 heteroatoms. The topological polar surface area (TPSA) is 98.7 Å². The molecule has 174 valence electrons. The van der Waals surface area contributed by atoms with E-state index in [4.69, 9.17) is 0 Å². The largest absolute Gasteiger partial charge is 0.394 e. The van der Waals surface area contributed by atoms with Crippen molar-refractivity contribution in [1.29, 1.82) is 0 Å². The van der Waals surface area contributed by atoms with Gasteiger partial charge in [-0.15, -0.1) is 11.8 Å². The van der Waals surface area contributed by atoms with Gasteiger partial charge in [0.1, 0.15) is 6.04 Å². The lowest BCUT2D eigenvalue weighted by atomic mass is 9.70. The van der Waals surface area contributed by atoms with Crippen LogP contribution in [0.1, 0.15) is 25.8 Å². The van der Waals surface area contributed by atoms with Crippen molar-refractivity contribution in [2.45, 2.75) is 59.6 Å². The molecule has 3 unspecified atom stereocenters. The third kappa shape index (κ3) is 3.66. The second kappa shape index (κ2) is 8.99. The van der Waals surface area contributed by atoms with Crippen molar-refractivity contribution in [3.05, 3.63) is 35.9 Å². The van der Waals surface area contributed by atoms with Gasteiger partial charge in [0, 0.05) is 23.2 Å².